The van der Waals surface area contributed by atoms with Gasteiger partial charge >= 0.3 is 0 Å². The maximum absolute atomic E-state index is 11.9. The fourth-order valence-corrected chi connectivity index (χ4v) is 2.63. The number of carbonyl (C=O) groups excluding carboxylic acids is 1. The van der Waals surface area contributed by atoms with E-state index in [-0.39, 0.29) is 5.91 Å². The van der Waals surface area contributed by atoms with Crippen molar-refractivity contribution >= 4 is 33.2 Å². The fraction of sp³-hybridized carbons (Fsp3) is 0.545. The Hall–Kier alpha value is -0.430. The summed E-state index contributed by atoms with van der Waals surface area (Å²) in [5, 5.41) is 2.02. The molecule has 1 aromatic rings. The van der Waals surface area contributed by atoms with Crippen LogP contribution in [0.2, 0.25) is 0 Å². The van der Waals surface area contributed by atoms with Gasteiger partial charge in [0, 0.05) is 27.3 Å². The molecule has 2 N–H and O–H groups in total. The van der Waals surface area contributed by atoms with E-state index >= 15 is 0 Å². The predicted molar refractivity (Wildman–Crippen MR) is 73.0 cm³/mol. The highest BCUT2D eigenvalue weighted by molar-refractivity contribution is 9.11. The molecule has 1 atom stereocenters. The Kier molecular flexibility index (Phi) is 6.11. The summed E-state index contributed by atoms with van der Waals surface area (Å²) in [6.07, 6.45) is 0.549. The van der Waals surface area contributed by atoms with Crippen LogP contribution >= 0.6 is 27.3 Å². The van der Waals surface area contributed by atoms with Crippen molar-refractivity contribution in [2.75, 3.05) is 20.8 Å². The van der Waals surface area contributed by atoms with Crippen LogP contribution in [-0.4, -0.2) is 37.6 Å². The first-order valence-corrected chi connectivity index (χ1v) is 6.94. The summed E-state index contributed by atoms with van der Waals surface area (Å²) in [5.41, 5.74) is 6.89. The second-order valence-electron chi connectivity index (χ2n) is 3.84. The number of amides is 1. The third-order valence-electron chi connectivity index (χ3n) is 2.37. The average Bonchev–Trinajstić information content (AvgIpc) is 2.70. The summed E-state index contributed by atoms with van der Waals surface area (Å²) in [7, 11) is 3.37. The third-order valence-corrected chi connectivity index (χ3v) is 3.92. The molecule has 0 aliphatic heterocycles. The van der Waals surface area contributed by atoms with E-state index in [9.17, 15) is 4.79 Å². The van der Waals surface area contributed by atoms with Crippen LogP contribution in [0.4, 0.5) is 0 Å². The zero-order chi connectivity index (χ0) is 12.8. The molecule has 0 fully saturated rings. The van der Waals surface area contributed by atoms with Crippen LogP contribution in [0, 0.1) is 0 Å². The molecule has 0 aromatic carbocycles. The summed E-state index contributed by atoms with van der Waals surface area (Å²) in [4.78, 5) is 13.5. The number of likely N-dealkylation sites (N-methyl/N-ethyl adjacent to an activating group) is 1. The molecule has 6 heteroatoms. The number of nitrogens with two attached hydrogens (primary N) is 1. The highest BCUT2D eigenvalue weighted by Gasteiger charge is 2.18. The van der Waals surface area contributed by atoms with Gasteiger partial charge in [-0.2, -0.15) is 0 Å². The Morgan fingerprint density at radius 2 is 2.41 bits per heavy atom. The number of hydrogen-bond acceptors (Lipinski definition) is 4. The Morgan fingerprint density at radius 3 is 2.94 bits per heavy atom. The summed E-state index contributed by atoms with van der Waals surface area (Å²) >= 11 is 5.00. The Balaban J connectivity index is 2.46. The van der Waals surface area contributed by atoms with E-state index in [1.54, 1.807) is 30.4 Å². The number of nitrogens with zero attached hydrogens (tertiary/aromatic N) is 1. The quantitative estimate of drug-likeness (QED) is 0.870. The van der Waals surface area contributed by atoms with Gasteiger partial charge in [0.25, 0.3) is 0 Å². The Morgan fingerprint density at radius 1 is 1.71 bits per heavy atom. The predicted octanol–water partition coefficient (Wildman–Crippen LogP) is 1.83. The van der Waals surface area contributed by atoms with E-state index in [1.807, 2.05) is 11.4 Å². The summed E-state index contributed by atoms with van der Waals surface area (Å²) < 4.78 is 5.98. The highest BCUT2D eigenvalue weighted by Crippen LogP contribution is 2.21. The van der Waals surface area contributed by atoms with Crippen LogP contribution in [0.25, 0.3) is 0 Å². The van der Waals surface area contributed by atoms with Gasteiger partial charge in [-0.1, -0.05) is 0 Å². The maximum atomic E-state index is 11.9. The van der Waals surface area contributed by atoms with Crippen molar-refractivity contribution in [2.24, 2.45) is 5.73 Å². The lowest BCUT2D eigenvalue weighted by molar-refractivity contribution is -0.132. The first-order chi connectivity index (χ1) is 8.04. The summed E-state index contributed by atoms with van der Waals surface area (Å²) in [6.45, 7) is 1.09. The van der Waals surface area contributed by atoms with Gasteiger partial charge in [-0.3, -0.25) is 4.79 Å². The minimum Gasteiger partial charge on any atom is -0.385 e. The Labute approximate surface area is 114 Å². The van der Waals surface area contributed by atoms with E-state index in [1.165, 1.54) is 0 Å². The number of methoxy groups -OCH3 is 1. The van der Waals surface area contributed by atoms with Crippen LogP contribution in [-0.2, 0) is 16.1 Å². The molecule has 0 spiro atoms. The van der Waals surface area contributed by atoms with Gasteiger partial charge in [0.2, 0.25) is 5.91 Å². The molecule has 4 nitrogen and oxygen atoms in total. The van der Waals surface area contributed by atoms with Crippen LogP contribution < -0.4 is 5.73 Å². The number of halogens is 1. The fourth-order valence-electron chi connectivity index (χ4n) is 1.43. The van der Waals surface area contributed by atoms with E-state index in [0.717, 1.165) is 9.35 Å². The van der Waals surface area contributed by atoms with Crippen LogP contribution in [0.3, 0.4) is 0 Å². The third kappa shape index (κ3) is 4.75. The molecule has 0 radical (unpaired) electrons. The van der Waals surface area contributed by atoms with Gasteiger partial charge in [-0.15, -0.1) is 11.3 Å². The molecule has 1 unspecified atom stereocenters. The molecule has 0 aliphatic carbocycles. The second kappa shape index (κ2) is 7.10. The molecule has 1 amide bonds. The van der Waals surface area contributed by atoms with Gasteiger partial charge in [0.05, 0.1) is 9.83 Å². The van der Waals surface area contributed by atoms with E-state index in [4.69, 9.17) is 10.5 Å². The average molecular weight is 321 g/mol. The second-order valence-corrected chi connectivity index (χ2v) is 6.13. The lowest BCUT2D eigenvalue weighted by Gasteiger charge is -2.20. The minimum atomic E-state index is -0.484. The SMILES string of the molecule is COCCC(N)C(=O)N(C)Cc1csc(Br)c1. The minimum absolute atomic E-state index is 0.0515. The topological polar surface area (TPSA) is 55.6 Å². The summed E-state index contributed by atoms with van der Waals surface area (Å²) in [5.74, 6) is -0.0515. The largest absolute Gasteiger partial charge is 0.385 e. The van der Waals surface area contributed by atoms with Gasteiger partial charge in [0.1, 0.15) is 0 Å². The van der Waals surface area contributed by atoms with Crippen LogP contribution in [0.15, 0.2) is 15.2 Å². The first kappa shape index (κ1) is 14.6. The molecule has 17 heavy (non-hydrogen) atoms. The van der Waals surface area contributed by atoms with Crippen molar-refractivity contribution in [3.63, 3.8) is 0 Å². The number of ether oxygens (including phenoxy) is 1. The van der Waals surface area contributed by atoms with Crippen molar-refractivity contribution in [1.82, 2.24) is 4.90 Å². The van der Waals surface area contributed by atoms with Crippen LogP contribution in [0.1, 0.15) is 12.0 Å². The summed E-state index contributed by atoms with van der Waals surface area (Å²) in [6, 6.07) is 1.52. The number of thiophene rings is 1. The number of hydrogen-bond donors (Lipinski definition) is 1. The van der Waals surface area contributed by atoms with Crippen molar-refractivity contribution in [3.05, 3.63) is 20.8 Å². The van der Waals surface area contributed by atoms with E-state index < -0.39 is 6.04 Å². The molecule has 1 heterocycles. The molecule has 0 saturated heterocycles. The zero-order valence-corrected chi connectivity index (χ0v) is 12.4. The lowest BCUT2D eigenvalue weighted by atomic mass is 10.2. The first-order valence-electron chi connectivity index (χ1n) is 5.27. The van der Waals surface area contributed by atoms with Crippen molar-refractivity contribution in [3.8, 4) is 0 Å². The smallest absolute Gasteiger partial charge is 0.239 e. The molecule has 1 aromatic heterocycles. The van der Waals surface area contributed by atoms with Gasteiger partial charge in [0.15, 0.2) is 0 Å². The molecular weight excluding hydrogens is 304 g/mol. The van der Waals surface area contributed by atoms with E-state index in [0.29, 0.717) is 19.6 Å². The number of carbonyl (C=O) groups is 1. The molecular formula is C11H17BrN2O2S. The molecule has 0 saturated carbocycles. The lowest BCUT2D eigenvalue weighted by Crippen LogP contribution is -2.41. The van der Waals surface area contributed by atoms with Gasteiger partial charge < -0.3 is 15.4 Å². The molecule has 0 bridgehead atoms. The highest BCUT2D eigenvalue weighted by atomic mass is 79.9. The van der Waals surface area contributed by atoms with Gasteiger partial charge in [-0.05, 0) is 39.4 Å². The monoisotopic (exact) mass is 320 g/mol. The van der Waals surface area contributed by atoms with Crippen molar-refractivity contribution in [1.29, 1.82) is 0 Å². The normalized spacial score (nSPS) is 12.5. The standard InChI is InChI=1S/C11H17BrN2O2S/c1-14(6-8-5-10(12)17-7-8)11(15)9(13)3-4-16-2/h5,7,9H,3-4,6,13H2,1-2H3. The molecule has 96 valence electrons. The van der Waals surface area contributed by atoms with Crippen molar-refractivity contribution < 1.29 is 9.53 Å². The van der Waals surface area contributed by atoms with Crippen molar-refractivity contribution in [2.45, 2.75) is 19.0 Å². The number of rotatable bonds is 6. The van der Waals surface area contributed by atoms with Crippen LogP contribution in [0.5, 0.6) is 0 Å². The van der Waals surface area contributed by atoms with Gasteiger partial charge in [-0.25, -0.2) is 0 Å². The zero-order valence-electron chi connectivity index (χ0n) is 9.98. The Bertz CT molecular complexity index is 370. The van der Waals surface area contributed by atoms with E-state index in [2.05, 4.69) is 15.9 Å². The molecule has 0 aliphatic rings. The maximum Gasteiger partial charge on any atom is 0.239 e. The molecule has 1 rings (SSSR count).